The molecule has 1 aliphatic heterocycles. The van der Waals surface area contributed by atoms with Crippen molar-refractivity contribution in [2.75, 3.05) is 13.2 Å². The number of nitrogens with one attached hydrogen (secondary N) is 2. The number of allylic oxidation sites excluding steroid dienone is 1. The van der Waals surface area contributed by atoms with Crippen LogP contribution in [0, 0.1) is 0 Å². The number of ether oxygens (including phenoxy) is 2. The summed E-state index contributed by atoms with van der Waals surface area (Å²) >= 11 is 0. The van der Waals surface area contributed by atoms with E-state index in [-0.39, 0.29) is 12.6 Å². The fourth-order valence-electron chi connectivity index (χ4n) is 3.19. The molecule has 1 atom stereocenters. The van der Waals surface area contributed by atoms with Crippen LogP contribution in [0.15, 0.2) is 65.9 Å². The maximum Gasteiger partial charge on any atom is 0.338 e. The molecule has 0 aromatic heterocycles. The summed E-state index contributed by atoms with van der Waals surface area (Å²) in [7, 11) is 0. The topological polar surface area (TPSA) is 76.7 Å². The standard InChI is InChI=1S/C22H24N2O4/c1-3-27-18-12-8-7-11-17(18)20-19(15(2)23-22(26)24-20)21(25)28-14-13-16-9-5-4-6-10-16/h4-12,20H,3,13-14H2,1-2H3,(H2,23,24,26)/t20-/m0/s1. The van der Waals surface area contributed by atoms with Crippen LogP contribution in [0.25, 0.3) is 0 Å². The first kappa shape index (κ1) is 19.5. The number of esters is 1. The summed E-state index contributed by atoms with van der Waals surface area (Å²) < 4.78 is 11.2. The number of carbonyl (C=O) groups excluding carboxylic acids is 2. The molecule has 0 bridgehead atoms. The Hall–Kier alpha value is -3.28. The van der Waals surface area contributed by atoms with Crippen molar-refractivity contribution in [3.63, 3.8) is 0 Å². The van der Waals surface area contributed by atoms with E-state index >= 15 is 0 Å². The van der Waals surface area contributed by atoms with Crippen LogP contribution in [0.5, 0.6) is 5.75 Å². The fourth-order valence-corrected chi connectivity index (χ4v) is 3.19. The molecule has 2 aromatic carbocycles. The van der Waals surface area contributed by atoms with Gasteiger partial charge in [0.2, 0.25) is 0 Å². The minimum absolute atomic E-state index is 0.257. The van der Waals surface area contributed by atoms with Gasteiger partial charge in [0.15, 0.2) is 0 Å². The Labute approximate surface area is 164 Å². The number of benzene rings is 2. The Morgan fingerprint density at radius 3 is 2.54 bits per heavy atom. The van der Waals surface area contributed by atoms with Crippen molar-refractivity contribution in [1.29, 1.82) is 0 Å². The van der Waals surface area contributed by atoms with Crippen molar-refractivity contribution in [1.82, 2.24) is 10.6 Å². The Kier molecular flexibility index (Phi) is 6.32. The van der Waals surface area contributed by atoms with Crippen LogP contribution in [-0.2, 0) is 16.0 Å². The van der Waals surface area contributed by atoms with Gasteiger partial charge >= 0.3 is 12.0 Å². The highest BCUT2D eigenvalue weighted by molar-refractivity contribution is 5.95. The predicted molar refractivity (Wildman–Crippen MR) is 106 cm³/mol. The first-order valence-electron chi connectivity index (χ1n) is 9.31. The fraction of sp³-hybridized carbons (Fsp3) is 0.273. The maximum atomic E-state index is 12.8. The molecule has 1 heterocycles. The van der Waals surface area contributed by atoms with Crippen molar-refractivity contribution in [2.24, 2.45) is 0 Å². The van der Waals surface area contributed by atoms with Crippen LogP contribution in [0.1, 0.15) is 31.0 Å². The number of urea groups is 1. The summed E-state index contributed by atoms with van der Waals surface area (Å²) in [5.41, 5.74) is 2.66. The van der Waals surface area contributed by atoms with Crippen molar-refractivity contribution < 1.29 is 19.1 Å². The summed E-state index contributed by atoms with van der Waals surface area (Å²) in [6.07, 6.45) is 0.624. The molecular weight excluding hydrogens is 356 g/mol. The monoisotopic (exact) mass is 380 g/mol. The lowest BCUT2D eigenvalue weighted by Gasteiger charge is -2.29. The molecule has 146 valence electrons. The molecule has 2 N–H and O–H groups in total. The Bertz CT molecular complexity index is 877. The van der Waals surface area contributed by atoms with Gasteiger partial charge in [-0.1, -0.05) is 48.5 Å². The quantitative estimate of drug-likeness (QED) is 0.721. The van der Waals surface area contributed by atoms with E-state index in [2.05, 4.69) is 10.6 Å². The Morgan fingerprint density at radius 2 is 1.79 bits per heavy atom. The lowest BCUT2D eigenvalue weighted by Crippen LogP contribution is -2.45. The summed E-state index contributed by atoms with van der Waals surface area (Å²) in [6.45, 7) is 4.32. The molecule has 0 saturated carbocycles. The van der Waals surface area contributed by atoms with Gasteiger partial charge in [-0.25, -0.2) is 9.59 Å². The molecule has 2 aromatic rings. The molecule has 6 heteroatoms. The Morgan fingerprint density at radius 1 is 1.07 bits per heavy atom. The average molecular weight is 380 g/mol. The van der Waals surface area contributed by atoms with Gasteiger partial charge in [0.25, 0.3) is 0 Å². The molecule has 0 fully saturated rings. The minimum atomic E-state index is -0.638. The molecule has 6 nitrogen and oxygen atoms in total. The number of hydrogen-bond acceptors (Lipinski definition) is 4. The normalized spacial score (nSPS) is 16.2. The van der Waals surface area contributed by atoms with Gasteiger partial charge in [0.05, 0.1) is 24.8 Å². The SMILES string of the molecule is CCOc1ccccc1[C@@H]1NC(=O)NC(C)=C1C(=O)OCCc1ccccc1. The third-order valence-corrected chi connectivity index (χ3v) is 4.49. The van der Waals surface area contributed by atoms with Gasteiger partial charge in [0.1, 0.15) is 5.75 Å². The third kappa shape index (κ3) is 4.52. The molecule has 28 heavy (non-hydrogen) atoms. The molecule has 0 aliphatic carbocycles. The van der Waals surface area contributed by atoms with Crippen molar-refractivity contribution in [2.45, 2.75) is 26.3 Å². The molecule has 0 spiro atoms. The molecule has 0 radical (unpaired) electrons. The van der Waals surface area contributed by atoms with Gasteiger partial charge in [-0.3, -0.25) is 0 Å². The van der Waals surface area contributed by atoms with Crippen molar-refractivity contribution >= 4 is 12.0 Å². The highest BCUT2D eigenvalue weighted by Crippen LogP contribution is 2.33. The smallest absolute Gasteiger partial charge is 0.338 e. The summed E-state index contributed by atoms with van der Waals surface area (Å²) in [5, 5.41) is 5.47. The highest BCUT2D eigenvalue weighted by Gasteiger charge is 2.33. The summed E-state index contributed by atoms with van der Waals surface area (Å²) in [5.74, 6) is 0.164. The van der Waals surface area contributed by atoms with Crippen LogP contribution in [-0.4, -0.2) is 25.2 Å². The first-order chi connectivity index (χ1) is 13.6. The van der Waals surface area contributed by atoms with E-state index < -0.39 is 12.0 Å². The molecule has 1 aliphatic rings. The zero-order valence-corrected chi connectivity index (χ0v) is 16.0. The predicted octanol–water partition coefficient (Wildman–Crippen LogP) is 3.50. The van der Waals surface area contributed by atoms with Crippen LogP contribution in [0.2, 0.25) is 0 Å². The highest BCUT2D eigenvalue weighted by atomic mass is 16.5. The number of para-hydroxylation sites is 1. The van der Waals surface area contributed by atoms with Crippen LogP contribution in [0.4, 0.5) is 4.79 Å². The largest absolute Gasteiger partial charge is 0.494 e. The van der Waals surface area contributed by atoms with E-state index in [1.165, 1.54) is 0 Å². The average Bonchev–Trinajstić information content (AvgIpc) is 2.69. The summed E-state index contributed by atoms with van der Waals surface area (Å²) in [4.78, 5) is 24.9. The van der Waals surface area contributed by atoms with Crippen LogP contribution < -0.4 is 15.4 Å². The Balaban J connectivity index is 1.80. The van der Waals surface area contributed by atoms with E-state index in [4.69, 9.17) is 9.47 Å². The van der Waals surface area contributed by atoms with E-state index in [0.29, 0.717) is 35.6 Å². The van der Waals surface area contributed by atoms with Gasteiger partial charge in [-0.15, -0.1) is 0 Å². The summed E-state index contributed by atoms with van der Waals surface area (Å²) in [6, 6.07) is 16.2. The lowest BCUT2D eigenvalue weighted by molar-refractivity contribution is -0.139. The molecular formula is C22H24N2O4. The second kappa shape index (κ2) is 9.08. The second-order valence-electron chi connectivity index (χ2n) is 6.41. The van der Waals surface area contributed by atoms with Gasteiger partial charge in [0, 0.05) is 17.7 Å². The third-order valence-electron chi connectivity index (χ3n) is 4.49. The van der Waals surface area contributed by atoms with E-state index in [1.807, 2.05) is 61.5 Å². The molecule has 0 unspecified atom stereocenters. The first-order valence-corrected chi connectivity index (χ1v) is 9.31. The maximum absolute atomic E-state index is 12.8. The van der Waals surface area contributed by atoms with Crippen LogP contribution >= 0.6 is 0 Å². The van der Waals surface area contributed by atoms with Crippen molar-refractivity contribution in [3.8, 4) is 5.75 Å². The zero-order valence-electron chi connectivity index (χ0n) is 16.0. The van der Waals surface area contributed by atoms with Gasteiger partial charge in [-0.05, 0) is 25.5 Å². The van der Waals surface area contributed by atoms with Crippen molar-refractivity contribution in [3.05, 3.63) is 77.0 Å². The van der Waals surface area contributed by atoms with Crippen LogP contribution in [0.3, 0.4) is 0 Å². The van der Waals surface area contributed by atoms with E-state index in [0.717, 1.165) is 5.56 Å². The van der Waals surface area contributed by atoms with E-state index in [9.17, 15) is 9.59 Å². The molecule has 0 saturated heterocycles. The minimum Gasteiger partial charge on any atom is -0.494 e. The zero-order chi connectivity index (χ0) is 19.9. The number of rotatable bonds is 7. The molecule has 3 rings (SSSR count). The number of carbonyl (C=O) groups is 2. The van der Waals surface area contributed by atoms with E-state index in [1.54, 1.807) is 6.92 Å². The number of amides is 2. The van der Waals surface area contributed by atoms with Gasteiger partial charge < -0.3 is 20.1 Å². The van der Waals surface area contributed by atoms with Gasteiger partial charge in [-0.2, -0.15) is 0 Å². The second-order valence-corrected chi connectivity index (χ2v) is 6.41. The number of hydrogen-bond donors (Lipinski definition) is 2. The molecule has 2 amide bonds. The lowest BCUT2D eigenvalue weighted by atomic mass is 9.95.